The molecule has 1 atom stereocenters. The molecule has 9 heteroatoms. The number of nitrogens with one attached hydrogen (secondary N) is 1. The SMILES string of the molecule is O=C(NCc1ccc(F)cc1)[C@@H]1CCCN1c1nnc(N2CCCCC2=O)s1. The quantitative estimate of drug-likeness (QED) is 0.830. The number of carbonyl (C=O) groups excluding carboxylic acids is 2. The van der Waals surface area contributed by atoms with Gasteiger partial charge in [0, 0.05) is 26.1 Å². The zero-order valence-electron chi connectivity index (χ0n) is 15.4. The molecule has 1 N–H and O–H groups in total. The normalized spacial score (nSPS) is 19.9. The lowest BCUT2D eigenvalue weighted by molar-refractivity contribution is -0.122. The van der Waals surface area contributed by atoms with Gasteiger partial charge >= 0.3 is 0 Å². The monoisotopic (exact) mass is 403 g/mol. The summed E-state index contributed by atoms with van der Waals surface area (Å²) in [6.07, 6.45) is 4.08. The molecule has 0 spiro atoms. The fourth-order valence-electron chi connectivity index (χ4n) is 3.62. The standard InChI is InChI=1S/C19H22FN5O2S/c20-14-8-6-13(7-9-14)12-21-17(27)15-4-3-11-24(15)18-22-23-19(28-18)25-10-2-1-5-16(25)26/h6-9,15H,1-5,10-12H2,(H,21,27)/t15-/m0/s1. The van der Waals surface area contributed by atoms with Crippen molar-refractivity contribution in [1.29, 1.82) is 0 Å². The van der Waals surface area contributed by atoms with Crippen LogP contribution in [0.1, 0.15) is 37.7 Å². The molecule has 2 aliphatic heterocycles. The zero-order valence-corrected chi connectivity index (χ0v) is 16.3. The van der Waals surface area contributed by atoms with E-state index in [9.17, 15) is 14.0 Å². The maximum Gasteiger partial charge on any atom is 0.243 e. The van der Waals surface area contributed by atoms with Crippen LogP contribution >= 0.6 is 11.3 Å². The molecule has 0 radical (unpaired) electrons. The summed E-state index contributed by atoms with van der Waals surface area (Å²) < 4.78 is 13.0. The Bertz CT molecular complexity index is 856. The van der Waals surface area contributed by atoms with E-state index in [2.05, 4.69) is 15.5 Å². The number of halogens is 1. The number of anilines is 2. The van der Waals surface area contributed by atoms with Gasteiger partial charge in [-0.2, -0.15) is 0 Å². The average molecular weight is 403 g/mol. The van der Waals surface area contributed by atoms with Gasteiger partial charge in [0.1, 0.15) is 11.9 Å². The summed E-state index contributed by atoms with van der Waals surface area (Å²) in [4.78, 5) is 28.5. The average Bonchev–Trinajstić information content (AvgIpc) is 3.37. The highest BCUT2D eigenvalue weighted by atomic mass is 32.1. The Morgan fingerprint density at radius 1 is 1.14 bits per heavy atom. The number of carbonyl (C=O) groups is 2. The molecular weight excluding hydrogens is 381 g/mol. The summed E-state index contributed by atoms with van der Waals surface area (Å²) in [6, 6.07) is 5.78. The smallest absolute Gasteiger partial charge is 0.243 e. The third-order valence-electron chi connectivity index (χ3n) is 5.14. The third kappa shape index (κ3) is 3.99. The Labute approximate surface area is 166 Å². The second kappa shape index (κ2) is 8.22. The minimum absolute atomic E-state index is 0.0763. The van der Waals surface area contributed by atoms with E-state index in [0.29, 0.717) is 29.8 Å². The van der Waals surface area contributed by atoms with Gasteiger partial charge in [0.15, 0.2) is 0 Å². The Hall–Kier alpha value is -2.55. The minimum atomic E-state index is -0.307. The topological polar surface area (TPSA) is 78.4 Å². The van der Waals surface area contributed by atoms with Crippen molar-refractivity contribution in [3.05, 3.63) is 35.6 Å². The van der Waals surface area contributed by atoms with Crippen LogP contribution in [0, 0.1) is 5.82 Å². The third-order valence-corrected chi connectivity index (χ3v) is 6.12. The maximum absolute atomic E-state index is 13.0. The molecule has 4 rings (SSSR count). The van der Waals surface area contributed by atoms with Crippen molar-refractivity contribution in [2.45, 2.75) is 44.7 Å². The van der Waals surface area contributed by atoms with Crippen LogP contribution in [0.15, 0.2) is 24.3 Å². The number of aromatic nitrogens is 2. The van der Waals surface area contributed by atoms with Crippen LogP contribution in [0.3, 0.4) is 0 Å². The number of rotatable bonds is 5. The Balaban J connectivity index is 1.41. The van der Waals surface area contributed by atoms with Crippen LogP contribution in [-0.2, 0) is 16.1 Å². The fraction of sp³-hybridized carbons (Fsp3) is 0.474. The van der Waals surface area contributed by atoms with Crippen molar-refractivity contribution in [3.63, 3.8) is 0 Å². The summed E-state index contributed by atoms with van der Waals surface area (Å²) in [6.45, 7) is 1.76. The lowest BCUT2D eigenvalue weighted by Gasteiger charge is -2.24. The molecule has 1 aromatic carbocycles. The summed E-state index contributed by atoms with van der Waals surface area (Å²) in [5.74, 6) is -0.284. The molecule has 0 saturated carbocycles. The van der Waals surface area contributed by atoms with Gasteiger partial charge in [-0.15, -0.1) is 10.2 Å². The number of amides is 2. The van der Waals surface area contributed by atoms with Crippen LogP contribution in [0.5, 0.6) is 0 Å². The summed E-state index contributed by atoms with van der Waals surface area (Å²) >= 11 is 1.36. The van der Waals surface area contributed by atoms with Crippen LogP contribution < -0.4 is 15.1 Å². The number of benzene rings is 1. The van der Waals surface area contributed by atoms with Gasteiger partial charge in [-0.25, -0.2) is 4.39 Å². The van der Waals surface area contributed by atoms with Crippen molar-refractivity contribution in [2.24, 2.45) is 0 Å². The molecule has 1 aromatic heterocycles. The van der Waals surface area contributed by atoms with Crippen molar-refractivity contribution in [1.82, 2.24) is 15.5 Å². The fourth-order valence-corrected chi connectivity index (χ4v) is 4.58. The van der Waals surface area contributed by atoms with Gasteiger partial charge in [0.2, 0.25) is 22.1 Å². The first kappa shape index (κ1) is 18.8. The maximum atomic E-state index is 13.0. The molecule has 2 amide bonds. The van der Waals surface area contributed by atoms with Crippen molar-refractivity contribution < 1.29 is 14.0 Å². The van der Waals surface area contributed by atoms with E-state index in [1.165, 1.54) is 23.5 Å². The second-order valence-corrected chi connectivity index (χ2v) is 8.00. The van der Waals surface area contributed by atoms with Gasteiger partial charge in [0.05, 0.1) is 0 Å². The van der Waals surface area contributed by atoms with Gasteiger partial charge in [0.25, 0.3) is 0 Å². The van der Waals surface area contributed by atoms with Gasteiger partial charge in [-0.1, -0.05) is 23.5 Å². The van der Waals surface area contributed by atoms with E-state index in [0.717, 1.165) is 37.8 Å². The predicted molar refractivity (Wildman–Crippen MR) is 105 cm³/mol. The van der Waals surface area contributed by atoms with E-state index >= 15 is 0 Å². The van der Waals surface area contributed by atoms with Crippen LogP contribution in [0.4, 0.5) is 14.7 Å². The molecule has 2 fully saturated rings. The van der Waals surface area contributed by atoms with E-state index in [1.807, 2.05) is 4.90 Å². The molecule has 148 valence electrons. The van der Waals surface area contributed by atoms with E-state index in [-0.39, 0.29) is 23.7 Å². The number of hydrogen-bond donors (Lipinski definition) is 1. The predicted octanol–water partition coefficient (Wildman–Crippen LogP) is 2.48. The first-order valence-electron chi connectivity index (χ1n) is 9.54. The first-order valence-corrected chi connectivity index (χ1v) is 10.4. The highest BCUT2D eigenvalue weighted by molar-refractivity contribution is 7.19. The van der Waals surface area contributed by atoms with Gasteiger partial charge in [-0.05, 0) is 43.4 Å². The minimum Gasteiger partial charge on any atom is -0.350 e. The zero-order chi connectivity index (χ0) is 19.5. The lowest BCUT2D eigenvalue weighted by atomic mass is 10.1. The molecule has 0 bridgehead atoms. The molecule has 0 aliphatic carbocycles. The molecule has 3 heterocycles. The molecule has 7 nitrogen and oxygen atoms in total. The highest BCUT2D eigenvalue weighted by Gasteiger charge is 2.33. The number of piperidine rings is 1. The Kier molecular flexibility index (Phi) is 5.52. The summed E-state index contributed by atoms with van der Waals surface area (Å²) in [5.41, 5.74) is 0.848. The van der Waals surface area contributed by atoms with Gasteiger partial charge in [-0.3, -0.25) is 14.5 Å². The van der Waals surface area contributed by atoms with E-state index < -0.39 is 0 Å². The number of nitrogens with zero attached hydrogens (tertiary/aromatic N) is 4. The van der Waals surface area contributed by atoms with Crippen molar-refractivity contribution in [2.75, 3.05) is 22.9 Å². The summed E-state index contributed by atoms with van der Waals surface area (Å²) in [5, 5.41) is 12.7. The van der Waals surface area contributed by atoms with Crippen molar-refractivity contribution >= 4 is 33.4 Å². The first-order chi connectivity index (χ1) is 13.6. The Morgan fingerprint density at radius 3 is 2.71 bits per heavy atom. The van der Waals surface area contributed by atoms with Crippen molar-refractivity contribution in [3.8, 4) is 0 Å². The largest absolute Gasteiger partial charge is 0.350 e. The molecule has 2 aliphatic rings. The van der Waals surface area contributed by atoms with Gasteiger partial charge < -0.3 is 10.2 Å². The lowest BCUT2D eigenvalue weighted by Crippen LogP contribution is -2.43. The van der Waals surface area contributed by atoms with E-state index in [4.69, 9.17) is 0 Å². The van der Waals surface area contributed by atoms with E-state index in [1.54, 1.807) is 17.0 Å². The van der Waals surface area contributed by atoms with Crippen LogP contribution in [0.25, 0.3) is 0 Å². The van der Waals surface area contributed by atoms with Crippen LogP contribution in [0.2, 0.25) is 0 Å². The molecule has 2 saturated heterocycles. The van der Waals surface area contributed by atoms with Crippen LogP contribution in [-0.4, -0.2) is 41.1 Å². The molecule has 28 heavy (non-hydrogen) atoms. The molecular formula is C19H22FN5O2S. The second-order valence-electron chi connectivity index (χ2n) is 7.07. The number of hydrogen-bond acceptors (Lipinski definition) is 6. The molecule has 0 unspecified atom stereocenters. The summed E-state index contributed by atoms with van der Waals surface area (Å²) in [7, 11) is 0. The Morgan fingerprint density at radius 2 is 1.93 bits per heavy atom. The highest BCUT2D eigenvalue weighted by Crippen LogP contribution is 2.33. The molecule has 2 aromatic rings.